The van der Waals surface area contributed by atoms with Gasteiger partial charge < -0.3 is 14.3 Å². The zero-order valence-corrected chi connectivity index (χ0v) is 18.8. The molecule has 1 aliphatic heterocycles. The lowest BCUT2D eigenvalue weighted by Gasteiger charge is -2.24. The quantitative estimate of drug-likeness (QED) is 0.236. The SMILES string of the molecule is CCOc1cccc(N2C(=O)C(=O)/C(=C(\O)c3cccc4ccccc34)C2c2ccc(C)o2)c1. The molecule has 1 unspecified atom stereocenters. The fraction of sp³-hybridized carbons (Fsp3) is 0.143. The summed E-state index contributed by atoms with van der Waals surface area (Å²) in [6.07, 6.45) is 0. The first-order valence-electron chi connectivity index (χ1n) is 11.1. The lowest BCUT2D eigenvalue weighted by atomic mass is 9.96. The maximum atomic E-state index is 13.4. The number of aliphatic hydroxyl groups excluding tert-OH is 1. The van der Waals surface area contributed by atoms with Crippen molar-refractivity contribution in [3.05, 3.63) is 102 Å². The van der Waals surface area contributed by atoms with E-state index in [1.54, 1.807) is 49.4 Å². The molecule has 34 heavy (non-hydrogen) atoms. The van der Waals surface area contributed by atoms with Gasteiger partial charge in [-0.25, -0.2) is 0 Å². The summed E-state index contributed by atoms with van der Waals surface area (Å²) >= 11 is 0. The Labute approximate surface area is 196 Å². The Morgan fingerprint density at radius 2 is 1.76 bits per heavy atom. The summed E-state index contributed by atoms with van der Waals surface area (Å²) in [4.78, 5) is 28.0. The maximum absolute atomic E-state index is 13.4. The van der Waals surface area contributed by atoms with E-state index in [2.05, 4.69) is 0 Å². The topological polar surface area (TPSA) is 80.0 Å². The van der Waals surface area contributed by atoms with E-state index in [1.165, 1.54) is 4.90 Å². The molecule has 0 bridgehead atoms. The van der Waals surface area contributed by atoms with Crippen LogP contribution in [-0.4, -0.2) is 23.4 Å². The molecule has 0 radical (unpaired) electrons. The van der Waals surface area contributed by atoms with Gasteiger partial charge in [-0.3, -0.25) is 14.5 Å². The molecular formula is C28H23NO5. The van der Waals surface area contributed by atoms with Gasteiger partial charge in [0.25, 0.3) is 11.7 Å². The Hall–Kier alpha value is -4.32. The standard InChI is InChI=1S/C28H23NO5/c1-3-33-20-11-7-10-19(16-20)29-25(23-15-14-17(2)34-23)24(27(31)28(29)32)26(30)22-13-6-9-18-8-4-5-12-21(18)22/h4-16,25,30H,3H2,1-2H3/b26-24-. The van der Waals surface area contributed by atoms with Crippen molar-refractivity contribution in [1.29, 1.82) is 0 Å². The maximum Gasteiger partial charge on any atom is 0.300 e. The van der Waals surface area contributed by atoms with Gasteiger partial charge in [-0.05, 0) is 48.9 Å². The third kappa shape index (κ3) is 3.53. The first kappa shape index (κ1) is 21.5. The average Bonchev–Trinajstić information content (AvgIpc) is 3.39. The van der Waals surface area contributed by atoms with Gasteiger partial charge in [-0.1, -0.05) is 48.5 Å². The summed E-state index contributed by atoms with van der Waals surface area (Å²) in [5, 5.41) is 13.2. The fourth-order valence-electron chi connectivity index (χ4n) is 4.44. The molecule has 1 atom stereocenters. The van der Waals surface area contributed by atoms with Crippen LogP contribution in [0.2, 0.25) is 0 Å². The Morgan fingerprint density at radius 1 is 1.00 bits per heavy atom. The zero-order valence-electron chi connectivity index (χ0n) is 18.8. The minimum absolute atomic E-state index is 0.0162. The number of furan rings is 1. The number of carbonyl (C=O) groups excluding carboxylic acids is 2. The molecule has 1 saturated heterocycles. The van der Waals surface area contributed by atoms with Crippen LogP contribution in [0.5, 0.6) is 5.75 Å². The first-order chi connectivity index (χ1) is 16.5. The number of ketones is 1. The highest BCUT2D eigenvalue weighted by molar-refractivity contribution is 6.51. The van der Waals surface area contributed by atoms with Crippen molar-refractivity contribution in [1.82, 2.24) is 0 Å². The number of carbonyl (C=O) groups is 2. The van der Waals surface area contributed by atoms with Gasteiger partial charge in [0.15, 0.2) is 0 Å². The summed E-state index contributed by atoms with van der Waals surface area (Å²) in [5.74, 6) is -0.155. The minimum Gasteiger partial charge on any atom is -0.507 e. The third-order valence-electron chi connectivity index (χ3n) is 5.93. The predicted molar refractivity (Wildman–Crippen MR) is 130 cm³/mol. The van der Waals surface area contributed by atoms with Crippen molar-refractivity contribution >= 4 is 33.9 Å². The van der Waals surface area contributed by atoms with Crippen molar-refractivity contribution in [2.24, 2.45) is 0 Å². The summed E-state index contributed by atoms with van der Waals surface area (Å²) < 4.78 is 11.5. The number of benzene rings is 3. The number of aryl methyl sites for hydroxylation is 1. The lowest BCUT2D eigenvalue weighted by Crippen LogP contribution is -2.29. The fourth-order valence-corrected chi connectivity index (χ4v) is 4.44. The van der Waals surface area contributed by atoms with Crippen molar-refractivity contribution in [2.45, 2.75) is 19.9 Å². The number of fused-ring (bicyclic) bond motifs is 1. The molecule has 1 fully saturated rings. The Bertz CT molecular complexity index is 1440. The molecule has 2 heterocycles. The van der Waals surface area contributed by atoms with Gasteiger partial charge >= 0.3 is 0 Å². The van der Waals surface area contributed by atoms with Crippen LogP contribution in [0.1, 0.15) is 30.0 Å². The van der Waals surface area contributed by atoms with Gasteiger partial charge in [0.05, 0.1) is 12.2 Å². The molecule has 0 aliphatic carbocycles. The van der Waals surface area contributed by atoms with Crippen LogP contribution < -0.4 is 9.64 Å². The van der Waals surface area contributed by atoms with Crippen molar-refractivity contribution in [2.75, 3.05) is 11.5 Å². The van der Waals surface area contributed by atoms with Gasteiger partial charge in [-0.15, -0.1) is 0 Å². The number of rotatable bonds is 5. The predicted octanol–water partition coefficient (Wildman–Crippen LogP) is 5.77. The molecule has 1 amide bonds. The second kappa shape index (κ2) is 8.56. The van der Waals surface area contributed by atoms with E-state index in [9.17, 15) is 14.7 Å². The van der Waals surface area contributed by atoms with Crippen LogP contribution in [0.4, 0.5) is 5.69 Å². The summed E-state index contributed by atoms with van der Waals surface area (Å²) in [7, 11) is 0. The van der Waals surface area contributed by atoms with Crippen molar-refractivity contribution in [3.63, 3.8) is 0 Å². The highest BCUT2D eigenvalue weighted by Gasteiger charge is 2.48. The van der Waals surface area contributed by atoms with Crippen molar-refractivity contribution in [3.8, 4) is 5.75 Å². The summed E-state index contributed by atoms with van der Waals surface area (Å²) in [5.41, 5.74) is 0.939. The van der Waals surface area contributed by atoms with Crippen LogP contribution in [0.15, 0.2) is 88.9 Å². The van der Waals surface area contributed by atoms with Gasteiger partial charge in [-0.2, -0.15) is 0 Å². The monoisotopic (exact) mass is 453 g/mol. The molecule has 170 valence electrons. The molecule has 6 heteroatoms. The molecule has 1 aromatic heterocycles. The number of ether oxygens (including phenoxy) is 1. The second-order valence-electron chi connectivity index (χ2n) is 8.07. The van der Waals surface area contributed by atoms with Crippen LogP contribution in [0.3, 0.4) is 0 Å². The van der Waals surface area contributed by atoms with Gasteiger partial charge in [0.1, 0.15) is 29.1 Å². The van der Waals surface area contributed by atoms with Gasteiger partial charge in [0.2, 0.25) is 0 Å². The normalized spacial score (nSPS) is 17.5. The molecule has 6 nitrogen and oxygen atoms in total. The molecular weight excluding hydrogens is 430 g/mol. The molecule has 1 aliphatic rings. The van der Waals surface area contributed by atoms with Gasteiger partial charge in [0, 0.05) is 17.3 Å². The van der Waals surface area contributed by atoms with E-state index in [-0.39, 0.29) is 11.3 Å². The lowest BCUT2D eigenvalue weighted by molar-refractivity contribution is -0.132. The van der Waals surface area contributed by atoms with Crippen LogP contribution in [0, 0.1) is 6.92 Å². The summed E-state index contributed by atoms with van der Waals surface area (Å²) in [6, 6.07) is 22.6. The Morgan fingerprint density at radius 3 is 2.53 bits per heavy atom. The van der Waals surface area contributed by atoms with Crippen LogP contribution >= 0.6 is 0 Å². The van der Waals surface area contributed by atoms with Crippen molar-refractivity contribution < 1.29 is 23.8 Å². The largest absolute Gasteiger partial charge is 0.507 e. The van der Waals surface area contributed by atoms with E-state index in [4.69, 9.17) is 9.15 Å². The number of aliphatic hydroxyl groups is 1. The number of hydrogen-bond acceptors (Lipinski definition) is 5. The van der Waals surface area contributed by atoms with E-state index >= 15 is 0 Å². The van der Waals surface area contributed by atoms with E-state index in [1.807, 2.05) is 43.3 Å². The second-order valence-corrected chi connectivity index (χ2v) is 8.07. The zero-order chi connectivity index (χ0) is 23.8. The third-order valence-corrected chi connectivity index (χ3v) is 5.93. The molecule has 0 spiro atoms. The summed E-state index contributed by atoms with van der Waals surface area (Å²) in [6.45, 7) is 4.12. The number of amides is 1. The number of Topliss-reactive ketones (excluding diaryl/α,β-unsaturated/α-hetero) is 1. The highest BCUT2D eigenvalue weighted by atomic mass is 16.5. The van der Waals surface area contributed by atoms with Crippen LogP contribution in [-0.2, 0) is 9.59 Å². The molecule has 3 aromatic carbocycles. The van der Waals surface area contributed by atoms with E-state index in [0.717, 1.165) is 10.8 Å². The van der Waals surface area contributed by atoms with E-state index in [0.29, 0.717) is 35.1 Å². The first-order valence-corrected chi connectivity index (χ1v) is 11.1. The van der Waals surface area contributed by atoms with Crippen LogP contribution in [0.25, 0.3) is 16.5 Å². The molecule has 0 saturated carbocycles. The Kier molecular flexibility index (Phi) is 5.42. The Balaban J connectivity index is 1.74. The minimum atomic E-state index is -0.926. The number of nitrogens with zero attached hydrogens (tertiary/aromatic N) is 1. The number of hydrogen-bond donors (Lipinski definition) is 1. The molecule has 4 aromatic rings. The smallest absolute Gasteiger partial charge is 0.300 e. The molecule has 5 rings (SSSR count). The average molecular weight is 453 g/mol. The highest BCUT2D eigenvalue weighted by Crippen LogP contribution is 2.44. The number of anilines is 1. The van der Waals surface area contributed by atoms with E-state index < -0.39 is 17.7 Å². The molecule has 1 N–H and O–H groups in total.